The molecule has 5 heteroatoms. The summed E-state index contributed by atoms with van der Waals surface area (Å²) >= 11 is 0. The topological polar surface area (TPSA) is 67.3 Å². The molecule has 2 rings (SSSR count). The Kier molecular flexibility index (Phi) is 4.58. The van der Waals surface area contributed by atoms with Crippen molar-refractivity contribution >= 4 is 5.82 Å². The fourth-order valence-electron chi connectivity index (χ4n) is 2.49. The fourth-order valence-corrected chi connectivity index (χ4v) is 2.49. The zero-order valence-electron chi connectivity index (χ0n) is 11.8. The van der Waals surface area contributed by atoms with Gasteiger partial charge < -0.3 is 15.2 Å². The molecule has 0 spiro atoms. The largest absolute Gasteiger partial charge is 0.478 e. The summed E-state index contributed by atoms with van der Waals surface area (Å²) in [4.78, 5) is 8.52. The normalized spacial score (nSPS) is 18.1. The van der Waals surface area contributed by atoms with E-state index >= 15 is 0 Å². The Hall–Kier alpha value is -1.36. The second kappa shape index (κ2) is 6.19. The lowest BCUT2D eigenvalue weighted by atomic mass is 9.85. The lowest BCUT2D eigenvalue weighted by Crippen LogP contribution is -2.39. The zero-order chi connectivity index (χ0) is 13.7. The highest BCUT2D eigenvalue weighted by Gasteiger charge is 2.28. The van der Waals surface area contributed by atoms with E-state index in [0.29, 0.717) is 24.9 Å². The Morgan fingerprint density at radius 3 is 2.74 bits per heavy atom. The predicted molar refractivity (Wildman–Crippen MR) is 74.5 cm³/mol. The van der Waals surface area contributed by atoms with E-state index in [1.54, 1.807) is 6.07 Å². The van der Waals surface area contributed by atoms with Gasteiger partial charge in [0.25, 0.3) is 0 Å². The molecule has 0 aliphatic heterocycles. The maximum Gasteiger partial charge on any atom is 0.218 e. The molecule has 1 heterocycles. The number of nitrogens with zero attached hydrogens (tertiary/aromatic N) is 2. The van der Waals surface area contributed by atoms with Crippen LogP contribution in [0.1, 0.15) is 44.9 Å². The molecule has 0 unspecified atom stereocenters. The molecule has 0 amide bonds. The van der Waals surface area contributed by atoms with Crippen LogP contribution >= 0.6 is 0 Å². The van der Waals surface area contributed by atoms with Crippen molar-refractivity contribution in [3.05, 3.63) is 11.9 Å². The maximum atomic E-state index is 10.4. The Balaban J connectivity index is 1.98. The highest BCUT2D eigenvalue weighted by molar-refractivity contribution is 5.38. The summed E-state index contributed by atoms with van der Waals surface area (Å²) in [6, 6.07) is 1.78. The van der Waals surface area contributed by atoms with Gasteiger partial charge >= 0.3 is 0 Å². The van der Waals surface area contributed by atoms with Crippen molar-refractivity contribution in [3.8, 4) is 5.88 Å². The van der Waals surface area contributed by atoms with Crippen molar-refractivity contribution in [3.63, 3.8) is 0 Å². The van der Waals surface area contributed by atoms with Gasteiger partial charge in [-0.15, -0.1) is 0 Å². The van der Waals surface area contributed by atoms with E-state index in [2.05, 4.69) is 15.3 Å². The standard InChI is InChI=1S/C14H23N3O2/c1-3-19-13-9-12(16-11(2)17-13)15-10-14(18)7-5-4-6-8-14/h9,18H,3-8,10H2,1-2H3,(H,15,16,17). The summed E-state index contributed by atoms with van der Waals surface area (Å²) in [6.45, 7) is 4.88. The predicted octanol–water partition coefficient (Wildman–Crippen LogP) is 2.29. The molecule has 1 saturated carbocycles. The number of hydrogen-bond donors (Lipinski definition) is 2. The zero-order valence-corrected chi connectivity index (χ0v) is 11.8. The molecule has 0 atom stereocenters. The van der Waals surface area contributed by atoms with E-state index in [9.17, 15) is 5.11 Å². The second-order valence-electron chi connectivity index (χ2n) is 5.21. The molecule has 0 bridgehead atoms. The number of aryl methyl sites for hydroxylation is 1. The van der Waals surface area contributed by atoms with Gasteiger partial charge in [0.2, 0.25) is 5.88 Å². The lowest BCUT2D eigenvalue weighted by molar-refractivity contribution is 0.0166. The number of hydrogen-bond acceptors (Lipinski definition) is 5. The quantitative estimate of drug-likeness (QED) is 0.855. The Labute approximate surface area is 114 Å². The molecular weight excluding hydrogens is 242 g/mol. The molecule has 0 radical (unpaired) electrons. The van der Waals surface area contributed by atoms with Crippen LogP contribution < -0.4 is 10.1 Å². The summed E-state index contributed by atoms with van der Waals surface area (Å²) < 4.78 is 5.39. The highest BCUT2D eigenvalue weighted by atomic mass is 16.5. The van der Waals surface area contributed by atoms with Gasteiger partial charge in [-0.05, 0) is 26.7 Å². The molecule has 5 nitrogen and oxygen atoms in total. The van der Waals surface area contributed by atoms with Crippen LogP contribution in [-0.4, -0.2) is 33.8 Å². The number of ether oxygens (including phenoxy) is 1. The molecule has 106 valence electrons. The average molecular weight is 265 g/mol. The van der Waals surface area contributed by atoms with Crippen molar-refractivity contribution in [2.75, 3.05) is 18.5 Å². The number of anilines is 1. The van der Waals surface area contributed by atoms with Crippen LogP contribution in [0.2, 0.25) is 0 Å². The Morgan fingerprint density at radius 2 is 2.05 bits per heavy atom. The molecule has 1 aromatic rings. The summed E-state index contributed by atoms with van der Waals surface area (Å²) in [5.41, 5.74) is -0.594. The SMILES string of the molecule is CCOc1cc(NCC2(O)CCCCC2)nc(C)n1. The van der Waals surface area contributed by atoms with E-state index < -0.39 is 5.60 Å². The minimum absolute atomic E-state index is 0.537. The molecule has 1 aliphatic carbocycles. The molecule has 2 N–H and O–H groups in total. The van der Waals surface area contributed by atoms with Crippen molar-refractivity contribution in [2.45, 2.75) is 51.6 Å². The van der Waals surface area contributed by atoms with Gasteiger partial charge in [0.15, 0.2) is 0 Å². The molecule has 1 fully saturated rings. The smallest absolute Gasteiger partial charge is 0.218 e. The van der Waals surface area contributed by atoms with Crippen LogP contribution in [0.25, 0.3) is 0 Å². The van der Waals surface area contributed by atoms with Crippen LogP contribution in [-0.2, 0) is 0 Å². The van der Waals surface area contributed by atoms with Crippen LogP contribution in [0, 0.1) is 6.92 Å². The van der Waals surface area contributed by atoms with Crippen molar-refractivity contribution in [2.24, 2.45) is 0 Å². The summed E-state index contributed by atoms with van der Waals surface area (Å²) in [5, 5.41) is 13.7. The second-order valence-corrected chi connectivity index (χ2v) is 5.21. The van der Waals surface area contributed by atoms with E-state index in [-0.39, 0.29) is 0 Å². The number of nitrogens with one attached hydrogen (secondary N) is 1. The fraction of sp³-hybridized carbons (Fsp3) is 0.714. The highest BCUT2D eigenvalue weighted by Crippen LogP contribution is 2.28. The van der Waals surface area contributed by atoms with Gasteiger partial charge in [0, 0.05) is 12.6 Å². The first-order chi connectivity index (χ1) is 9.11. The van der Waals surface area contributed by atoms with Crippen LogP contribution in [0.15, 0.2) is 6.07 Å². The molecule has 1 aromatic heterocycles. The molecular formula is C14H23N3O2. The monoisotopic (exact) mass is 265 g/mol. The minimum atomic E-state index is -0.594. The third kappa shape index (κ3) is 4.06. The van der Waals surface area contributed by atoms with E-state index in [1.807, 2.05) is 13.8 Å². The van der Waals surface area contributed by atoms with Gasteiger partial charge in [0.05, 0.1) is 12.2 Å². The van der Waals surface area contributed by atoms with Crippen molar-refractivity contribution in [1.82, 2.24) is 9.97 Å². The summed E-state index contributed by atoms with van der Waals surface area (Å²) in [5.74, 6) is 1.96. The van der Waals surface area contributed by atoms with Gasteiger partial charge in [-0.1, -0.05) is 19.3 Å². The molecule has 0 saturated heterocycles. The Morgan fingerprint density at radius 1 is 1.32 bits per heavy atom. The number of rotatable bonds is 5. The third-order valence-corrected chi connectivity index (χ3v) is 3.49. The van der Waals surface area contributed by atoms with Gasteiger partial charge in [0.1, 0.15) is 11.6 Å². The van der Waals surface area contributed by atoms with Gasteiger partial charge in [-0.25, -0.2) is 4.98 Å². The summed E-state index contributed by atoms with van der Waals surface area (Å²) in [6.07, 6.45) is 5.16. The Bertz CT molecular complexity index is 417. The minimum Gasteiger partial charge on any atom is -0.478 e. The van der Waals surface area contributed by atoms with Crippen LogP contribution in [0.5, 0.6) is 5.88 Å². The first-order valence-corrected chi connectivity index (χ1v) is 7.06. The number of aliphatic hydroxyl groups is 1. The van der Waals surface area contributed by atoms with E-state index in [1.165, 1.54) is 6.42 Å². The number of aromatic nitrogens is 2. The molecule has 19 heavy (non-hydrogen) atoms. The third-order valence-electron chi connectivity index (χ3n) is 3.49. The maximum absolute atomic E-state index is 10.4. The molecule has 1 aliphatic rings. The van der Waals surface area contributed by atoms with Crippen molar-refractivity contribution < 1.29 is 9.84 Å². The molecule has 0 aromatic carbocycles. The summed E-state index contributed by atoms with van der Waals surface area (Å²) in [7, 11) is 0. The van der Waals surface area contributed by atoms with E-state index in [4.69, 9.17) is 4.74 Å². The van der Waals surface area contributed by atoms with E-state index in [0.717, 1.165) is 31.5 Å². The average Bonchev–Trinajstić information content (AvgIpc) is 2.37. The lowest BCUT2D eigenvalue weighted by Gasteiger charge is -2.32. The van der Waals surface area contributed by atoms with Crippen LogP contribution in [0.3, 0.4) is 0 Å². The first kappa shape index (κ1) is 14.1. The van der Waals surface area contributed by atoms with Crippen molar-refractivity contribution in [1.29, 1.82) is 0 Å². The van der Waals surface area contributed by atoms with Gasteiger partial charge in [-0.2, -0.15) is 4.98 Å². The van der Waals surface area contributed by atoms with Gasteiger partial charge in [-0.3, -0.25) is 0 Å². The van der Waals surface area contributed by atoms with Crippen LogP contribution in [0.4, 0.5) is 5.82 Å². The first-order valence-electron chi connectivity index (χ1n) is 7.06.